The second-order valence-corrected chi connectivity index (χ2v) is 11.0. The fourth-order valence-corrected chi connectivity index (χ4v) is 10.3. The van der Waals surface area contributed by atoms with Crippen molar-refractivity contribution in [3.63, 3.8) is 0 Å². The number of fused-ring (bicyclic) bond motifs is 3. The van der Waals surface area contributed by atoms with Crippen LogP contribution < -0.4 is 20.8 Å². The summed E-state index contributed by atoms with van der Waals surface area (Å²) in [7, 11) is 3.04. The van der Waals surface area contributed by atoms with Crippen LogP contribution in [-0.2, 0) is 0 Å². The van der Waals surface area contributed by atoms with E-state index in [0.29, 0.717) is 5.91 Å². The van der Waals surface area contributed by atoms with Crippen LogP contribution >= 0.6 is 7.26 Å². The van der Waals surface area contributed by atoms with Gasteiger partial charge in [0.05, 0.1) is 19.8 Å². The van der Waals surface area contributed by atoms with E-state index in [1.54, 1.807) is 5.30 Å². The van der Waals surface area contributed by atoms with Crippen LogP contribution in [0.4, 0.5) is 5.69 Å². The molecule has 2 heterocycles. The summed E-state index contributed by atoms with van der Waals surface area (Å²) in [6.45, 7) is 1.09. The first-order valence-corrected chi connectivity index (χ1v) is 10.7. The monoisotopic (exact) mass is 346 g/mol. The molecule has 3 heteroatoms. The Morgan fingerprint density at radius 3 is 1.84 bits per heavy atom. The molecular formula is C22H23N2P+2. The quantitative estimate of drug-likeness (QED) is 0.509. The van der Waals surface area contributed by atoms with Crippen molar-refractivity contribution in [2.24, 2.45) is 0 Å². The Kier molecular flexibility index (Phi) is 3.13. The van der Waals surface area contributed by atoms with Gasteiger partial charge in [-0.25, -0.2) is 4.90 Å². The summed E-state index contributed by atoms with van der Waals surface area (Å²) < 4.78 is 1.05. The largest absolute Gasteiger partial charge is 0.287 e. The van der Waals surface area contributed by atoms with Crippen molar-refractivity contribution in [3.05, 3.63) is 84.9 Å². The second kappa shape index (κ2) is 5.17. The standard InChI is InChI=1S/C22H23N2P/c1-24(2)17-23-20-15-9-10-16-21(20)25(22(23)24,18-11-5-3-6-12-18)19-13-7-4-8-14-19/h3-16,22H,17H2,1-2H3/q+2/t22-/m1/s1. The van der Waals surface area contributed by atoms with E-state index < -0.39 is 7.26 Å². The van der Waals surface area contributed by atoms with Crippen molar-refractivity contribution in [3.8, 4) is 0 Å². The van der Waals surface area contributed by atoms with Crippen LogP contribution in [0.2, 0.25) is 0 Å². The third kappa shape index (κ3) is 1.87. The van der Waals surface area contributed by atoms with Gasteiger partial charge in [-0.1, -0.05) is 48.5 Å². The van der Waals surface area contributed by atoms with Crippen molar-refractivity contribution < 1.29 is 4.48 Å². The van der Waals surface area contributed by atoms with Gasteiger partial charge in [-0.05, 0) is 36.4 Å². The molecule has 2 nitrogen and oxygen atoms in total. The lowest BCUT2D eigenvalue weighted by molar-refractivity contribution is -0.937. The zero-order valence-electron chi connectivity index (χ0n) is 14.7. The summed E-state index contributed by atoms with van der Waals surface area (Å²) in [4.78, 5) is 2.64. The maximum absolute atomic E-state index is 2.64. The van der Waals surface area contributed by atoms with Crippen molar-refractivity contribution in [2.45, 2.75) is 5.91 Å². The maximum Gasteiger partial charge on any atom is 0.287 e. The van der Waals surface area contributed by atoms with Gasteiger partial charge >= 0.3 is 0 Å². The van der Waals surface area contributed by atoms with Crippen LogP contribution in [0.1, 0.15) is 0 Å². The average molecular weight is 346 g/mol. The third-order valence-electron chi connectivity index (χ3n) is 5.67. The molecule has 0 saturated carbocycles. The van der Waals surface area contributed by atoms with Crippen LogP contribution in [0, 0.1) is 0 Å². The molecule has 0 unspecified atom stereocenters. The topological polar surface area (TPSA) is 3.24 Å². The summed E-state index contributed by atoms with van der Waals surface area (Å²) in [5, 5.41) is 4.53. The molecule has 1 fully saturated rings. The molecule has 5 rings (SSSR count). The van der Waals surface area contributed by atoms with Gasteiger partial charge in [0.2, 0.25) is 0 Å². The first-order valence-electron chi connectivity index (χ1n) is 8.84. The molecule has 0 radical (unpaired) electrons. The normalized spacial score (nSPS) is 22.0. The van der Waals surface area contributed by atoms with E-state index in [0.717, 1.165) is 11.2 Å². The number of benzene rings is 3. The SMILES string of the molecule is C[N+]1(C)CN2c3ccccc3[P+](c3ccccc3)(c3ccccc3)[C@H]21. The van der Waals surface area contributed by atoms with Crippen molar-refractivity contribution in [1.82, 2.24) is 0 Å². The fourth-order valence-electron chi connectivity index (χ4n) is 4.85. The van der Waals surface area contributed by atoms with Gasteiger partial charge in [0.1, 0.15) is 15.9 Å². The number of hydrogen-bond donors (Lipinski definition) is 0. The molecule has 1 saturated heterocycles. The van der Waals surface area contributed by atoms with Gasteiger partial charge in [0.25, 0.3) is 5.91 Å². The van der Waals surface area contributed by atoms with E-state index >= 15 is 0 Å². The van der Waals surface area contributed by atoms with E-state index in [9.17, 15) is 0 Å². The lowest BCUT2D eigenvalue weighted by Gasteiger charge is -2.52. The van der Waals surface area contributed by atoms with E-state index in [-0.39, 0.29) is 0 Å². The number of quaternary nitrogens is 1. The van der Waals surface area contributed by atoms with E-state index in [4.69, 9.17) is 0 Å². The van der Waals surface area contributed by atoms with Crippen LogP contribution in [0.3, 0.4) is 0 Å². The maximum atomic E-state index is 2.64. The second-order valence-electron chi connectivity index (χ2n) is 7.62. The average Bonchev–Trinajstić information content (AvgIpc) is 2.91. The zero-order valence-corrected chi connectivity index (χ0v) is 15.6. The molecule has 3 aromatic carbocycles. The van der Waals surface area contributed by atoms with Crippen molar-refractivity contribution in [2.75, 3.05) is 25.7 Å². The smallest absolute Gasteiger partial charge is 0.258 e. The molecule has 0 bridgehead atoms. The van der Waals surface area contributed by atoms with E-state index in [1.165, 1.54) is 16.3 Å². The summed E-state index contributed by atoms with van der Waals surface area (Å²) in [5.74, 6) is 0.495. The Hall–Kier alpha value is -2.15. The Bertz CT molecular complexity index is 882. The lowest BCUT2D eigenvalue weighted by Crippen LogP contribution is -2.73. The predicted octanol–water partition coefficient (Wildman–Crippen LogP) is 3.13. The predicted molar refractivity (Wildman–Crippen MR) is 108 cm³/mol. The van der Waals surface area contributed by atoms with Crippen LogP contribution in [-0.4, -0.2) is 31.2 Å². The number of rotatable bonds is 2. The van der Waals surface area contributed by atoms with Gasteiger partial charge in [-0.15, -0.1) is 0 Å². The van der Waals surface area contributed by atoms with Crippen molar-refractivity contribution in [1.29, 1.82) is 0 Å². The number of anilines is 1. The molecule has 2 aliphatic heterocycles. The molecular weight excluding hydrogens is 323 g/mol. The van der Waals surface area contributed by atoms with Gasteiger partial charge in [0.15, 0.2) is 13.9 Å². The molecule has 0 aliphatic carbocycles. The molecule has 3 aromatic rings. The first kappa shape index (κ1) is 15.1. The van der Waals surface area contributed by atoms with Crippen LogP contribution in [0.5, 0.6) is 0 Å². The molecule has 124 valence electrons. The van der Waals surface area contributed by atoms with Crippen LogP contribution in [0.15, 0.2) is 84.9 Å². The highest BCUT2D eigenvalue weighted by molar-refractivity contribution is 7.96. The molecule has 0 aromatic heterocycles. The number of para-hydroxylation sites is 1. The minimum Gasteiger partial charge on any atom is -0.258 e. The molecule has 0 amide bonds. The lowest BCUT2D eigenvalue weighted by atomic mass is 10.2. The van der Waals surface area contributed by atoms with Gasteiger partial charge < -0.3 is 0 Å². The summed E-state index contributed by atoms with van der Waals surface area (Å²) in [6.07, 6.45) is 0. The zero-order chi connectivity index (χ0) is 17.1. The Balaban J connectivity index is 1.89. The molecule has 0 spiro atoms. The van der Waals surface area contributed by atoms with Gasteiger partial charge in [-0.2, -0.15) is 0 Å². The van der Waals surface area contributed by atoms with E-state index in [1.807, 2.05) is 0 Å². The highest BCUT2D eigenvalue weighted by atomic mass is 31.2. The van der Waals surface area contributed by atoms with E-state index in [2.05, 4.69) is 104 Å². The molecule has 0 N–H and O–H groups in total. The van der Waals surface area contributed by atoms with Crippen molar-refractivity contribution >= 4 is 28.9 Å². The Morgan fingerprint density at radius 1 is 0.760 bits per heavy atom. The minimum absolute atomic E-state index is 0.495. The molecule has 25 heavy (non-hydrogen) atoms. The number of hydrogen-bond acceptors (Lipinski definition) is 1. The third-order valence-corrected chi connectivity index (χ3v) is 10.6. The fraction of sp³-hybridized carbons (Fsp3) is 0.182. The highest BCUT2D eigenvalue weighted by Gasteiger charge is 2.73. The summed E-state index contributed by atoms with van der Waals surface area (Å²) >= 11 is 0. The molecule has 1 atom stereocenters. The Labute approximate surface area is 150 Å². The molecule has 2 aliphatic rings. The minimum atomic E-state index is -1.73. The van der Waals surface area contributed by atoms with Crippen LogP contribution in [0.25, 0.3) is 0 Å². The first-order chi connectivity index (χ1) is 12.2. The highest BCUT2D eigenvalue weighted by Crippen LogP contribution is 2.70. The summed E-state index contributed by atoms with van der Waals surface area (Å²) in [6, 6.07) is 31.5. The van der Waals surface area contributed by atoms with Gasteiger partial charge in [0, 0.05) is 0 Å². The van der Waals surface area contributed by atoms with Gasteiger partial charge in [-0.3, -0.25) is 4.48 Å². The number of nitrogens with zero attached hydrogens (tertiary/aromatic N) is 2. The Morgan fingerprint density at radius 2 is 1.28 bits per heavy atom. The summed E-state index contributed by atoms with van der Waals surface area (Å²) in [5.41, 5.74) is 1.44.